The van der Waals surface area contributed by atoms with Crippen LogP contribution in [-0.2, 0) is 7.05 Å². The Morgan fingerprint density at radius 1 is 1.44 bits per heavy atom. The van der Waals surface area contributed by atoms with Crippen molar-refractivity contribution in [2.24, 2.45) is 7.05 Å². The van der Waals surface area contributed by atoms with Gasteiger partial charge in [-0.25, -0.2) is 0 Å². The zero-order chi connectivity index (χ0) is 13.1. The Kier molecular flexibility index (Phi) is 3.90. The molecular weight excluding hydrogens is 224 g/mol. The van der Waals surface area contributed by atoms with Crippen LogP contribution in [-0.4, -0.2) is 22.4 Å². The van der Waals surface area contributed by atoms with Crippen molar-refractivity contribution in [3.63, 3.8) is 0 Å². The minimum Gasteiger partial charge on any atom is -0.353 e. The van der Waals surface area contributed by atoms with E-state index in [0.29, 0.717) is 6.04 Å². The monoisotopic (exact) mass is 246 g/mol. The number of aromatic nitrogens is 2. The number of aryl methyl sites for hydroxylation is 2. The van der Waals surface area contributed by atoms with E-state index in [4.69, 9.17) is 0 Å². The molecule has 2 rings (SSSR count). The Bertz CT molecular complexity index is 453. The minimum atomic E-state index is 0.575. The largest absolute Gasteiger partial charge is 0.353 e. The summed E-state index contributed by atoms with van der Waals surface area (Å²) in [5.74, 6) is 1.02. The van der Waals surface area contributed by atoms with Crippen molar-refractivity contribution in [1.29, 1.82) is 5.26 Å². The summed E-state index contributed by atoms with van der Waals surface area (Å²) < 4.78 is 1.88. The van der Waals surface area contributed by atoms with Crippen LogP contribution in [0.15, 0.2) is 0 Å². The van der Waals surface area contributed by atoms with Gasteiger partial charge in [0.15, 0.2) is 0 Å². The predicted octanol–water partition coefficient (Wildman–Crippen LogP) is 2.76. The lowest BCUT2D eigenvalue weighted by Crippen LogP contribution is -2.41. The molecule has 1 aromatic heterocycles. The molecule has 2 heterocycles. The van der Waals surface area contributed by atoms with Crippen molar-refractivity contribution in [1.82, 2.24) is 9.78 Å². The fourth-order valence-corrected chi connectivity index (χ4v) is 3.02. The molecule has 0 radical (unpaired) electrons. The Morgan fingerprint density at radius 3 is 2.89 bits per heavy atom. The topological polar surface area (TPSA) is 44.9 Å². The van der Waals surface area contributed by atoms with Crippen LogP contribution in [0.5, 0.6) is 0 Å². The average Bonchev–Trinajstić information content (AvgIpc) is 2.64. The molecule has 4 heteroatoms. The summed E-state index contributed by atoms with van der Waals surface area (Å²) in [6.07, 6.45) is 6.16. The number of nitriles is 1. The highest BCUT2D eigenvalue weighted by Gasteiger charge is 2.27. The standard InChI is InChI=1S/C14H22N4/c1-4-7-12-8-5-6-9-18(12)14-13(10-15)11(2)16-17(14)3/h12H,4-9H2,1-3H3. The van der Waals surface area contributed by atoms with Crippen LogP contribution in [0.25, 0.3) is 0 Å². The molecule has 1 unspecified atom stereocenters. The summed E-state index contributed by atoms with van der Waals surface area (Å²) in [5.41, 5.74) is 1.59. The molecule has 1 atom stereocenters. The summed E-state index contributed by atoms with van der Waals surface area (Å²) >= 11 is 0. The number of rotatable bonds is 3. The molecule has 1 aliphatic heterocycles. The van der Waals surface area contributed by atoms with Gasteiger partial charge in [0.05, 0.1) is 5.69 Å². The highest BCUT2D eigenvalue weighted by molar-refractivity contribution is 5.57. The van der Waals surface area contributed by atoms with Gasteiger partial charge in [-0.15, -0.1) is 0 Å². The van der Waals surface area contributed by atoms with Crippen molar-refractivity contribution in [3.8, 4) is 6.07 Å². The first kappa shape index (κ1) is 12.9. The Balaban J connectivity index is 2.36. The molecule has 18 heavy (non-hydrogen) atoms. The molecule has 1 aromatic rings. The number of hydrogen-bond donors (Lipinski definition) is 0. The van der Waals surface area contributed by atoms with E-state index >= 15 is 0 Å². The number of piperidine rings is 1. The van der Waals surface area contributed by atoms with Gasteiger partial charge in [0, 0.05) is 19.6 Å². The minimum absolute atomic E-state index is 0.575. The van der Waals surface area contributed by atoms with Crippen LogP contribution in [0.2, 0.25) is 0 Å². The second-order valence-electron chi connectivity index (χ2n) is 5.15. The zero-order valence-electron chi connectivity index (χ0n) is 11.6. The fraction of sp³-hybridized carbons (Fsp3) is 0.714. The lowest BCUT2D eigenvalue weighted by molar-refractivity contribution is 0.426. The zero-order valence-corrected chi connectivity index (χ0v) is 11.6. The number of anilines is 1. The lowest BCUT2D eigenvalue weighted by Gasteiger charge is -2.37. The van der Waals surface area contributed by atoms with Gasteiger partial charge in [-0.2, -0.15) is 10.4 Å². The summed E-state index contributed by atoms with van der Waals surface area (Å²) in [7, 11) is 1.95. The summed E-state index contributed by atoms with van der Waals surface area (Å²) in [6.45, 7) is 5.20. The molecule has 0 amide bonds. The number of nitrogens with zero attached hydrogens (tertiary/aromatic N) is 4. The molecule has 0 saturated carbocycles. The van der Waals surface area contributed by atoms with Crippen molar-refractivity contribution < 1.29 is 0 Å². The summed E-state index contributed by atoms with van der Waals surface area (Å²) in [4.78, 5) is 2.41. The van der Waals surface area contributed by atoms with Gasteiger partial charge in [-0.1, -0.05) is 13.3 Å². The van der Waals surface area contributed by atoms with E-state index in [2.05, 4.69) is 23.0 Å². The van der Waals surface area contributed by atoms with Gasteiger partial charge >= 0.3 is 0 Å². The SMILES string of the molecule is CCCC1CCCCN1c1c(C#N)c(C)nn1C. The van der Waals surface area contributed by atoms with E-state index in [1.165, 1.54) is 32.1 Å². The van der Waals surface area contributed by atoms with Crippen LogP contribution in [0.4, 0.5) is 5.82 Å². The molecule has 0 aliphatic carbocycles. The average molecular weight is 246 g/mol. The van der Waals surface area contributed by atoms with E-state index in [1.807, 2.05) is 18.7 Å². The second kappa shape index (κ2) is 5.43. The van der Waals surface area contributed by atoms with Crippen LogP contribution in [0.3, 0.4) is 0 Å². The number of hydrogen-bond acceptors (Lipinski definition) is 3. The molecule has 0 bridgehead atoms. The Hall–Kier alpha value is -1.50. The van der Waals surface area contributed by atoms with Crippen LogP contribution < -0.4 is 4.90 Å². The Morgan fingerprint density at radius 2 is 2.22 bits per heavy atom. The van der Waals surface area contributed by atoms with Gasteiger partial charge in [0.25, 0.3) is 0 Å². The summed E-state index contributed by atoms with van der Waals surface area (Å²) in [5, 5.41) is 13.7. The molecular formula is C14H22N4. The maximum absolute atomic E-state index is 9.33. The van der Waals surface area contributed by atoms with E-state index < -0.39 is 0 Å². The molecule has 1 fully saturated rings. The van der Waals surface area contributed by atoms with Gasteiger partial charge in [-0.3, -0.25) is 4.68 Å². The van der Waals surface area contributed by atoms with Crippen LogP contribution >= 0.6 is 0 Å². The Labute approximate surface area is 109 Å². The maximum Gasteiger partial charge on any atom is 0.145 e. The van der Waals surface area contributed by atoms with Crippen molar-refractivity contribution in [2.75, 3.05) is 11.4 Å². The van der Waals surface area contributed by atoms with E-state index in [9.17, 15) is 5.26 Å². The first-order chi connectivity index (χ1) is 8.69. The molecule has 4 nitrogen and oxygen atoms in total. The van der Waals surface area contributed by atoms with E-state index in [0.717, 1.165) is 23.6 Å². The van der Waals surface area contributed by atoms with Crippen LogP contribution in [0, 0.1) is 18.3 Å². The quantitative estimate of drug-likeness (QED) is 0.823. The first-order valence-electron chi connectivity index (χ1n) is 6.89. The highest BCUT2D eigenvalue weighted by atomic mass is 15.4. The molecule has 0 aromatic carbocycles. The van der Waals surface area contributed by atoms with Crippen molar-refractivity contribution in [3.05, 3.63) is 11.3 Å². The van der Waals surface area contributed by atoms with E-state index in [1.54, 1.807) is 0 Å². The maximum atomic E-state index is 9.33. The lowest BCUT2D eigenvalue weighted by atomic mass is 9.98. The molecule has 1 saturated heterocycles. The van der Waals surface area contributed by atoms with Crippen molar-refractivity contribution >= 4 is 5.82 Å². The third kappa shape index (κ3) is 2.22. The van der Waals surface area contributed by atoms with Gasteiger partial charge in [0.1, 0.15) is 17.5 Å². The van der Waals surface area contributed by atoms with Gasteiger partial charge in [-0.05, 0) is 32.6 Å². The third-order valence-electron chi connectivity index (χ3n) is 3.82. The van der Waals surface area contributed by atoms with Crippen LogP contribution in [0.1, 0.15) is 50.3 Å². The molecule has 98 valence electrons. The highest BCUT2D eigenvalue weighted by Crippen LogP contribution is 2.30. The normalized spacial score (nSPS) is 19.9. The van der Waals surface area contributed by atoms with Gasteiger partial charge < -0.3 is 4.90 Å². The van der Waals surface area contributed by atoms with Crippen molar-refractivity contribution in [2.45, 2.75) is 52.0 Å². The first-order valence-corrected chi connectivity index (χ1v) is 6.89. The van der Waals surface area contributed by atoms with Gasteiger partial charge in [0.2, 0.25) is 0 Å². The fourth-order valence-electron chi connectivity index (χ4n) is 3.02. The molecule has 0 spiro atoms. The van der Waals surface area contributed by atoms with E-state index in [-0.39, 0.29) is 0 Å². The smallest absolute Gasteiger partial charge is 0.145 e. The molecule has 0 N–H and O–H groups in total. The molecule has 1 aliphatic rings. The predicted molar refractivity (Wildman–Crippen MR) is 72.6 cm³/mol. The second-order valence-corrected chi connectivity index (χ2v) is 5.15. The summed E-state index contributed by atoms with van der Waals surface area (Å²) in [6, 6.07) is 2.89. The third-order valence-corrected chi connectivity index (χ3v) is 3.82.